The van der Waals surface area contributed by atoms with E-state index in [1.54, 1.807) is 0 Å². The van der Waals surface area contributed by atoms with Crippen molar-refractivity contribution in [2.24, 2.45) is 11.5 Å². The second-order valence-electron chi connectivity index (χ2n) is 6.24. The van der Waals surface area contributed by atoms with Gasteiger partial charge in [0.15, 0.2) is 0 Å². The van der Waals surface area contributed by atoms with Crippen molar-refractivity contribution in [1.82, 2.24) is 16.0 Å². The number of rotatable bonds is 15. The molecule has 0 aromatic rings. The highest BCUT2D eigenvalue weighted by atomic mass is 32.1. The van der Waals surface area contributed by atoms with Crippen LogP contribution in [0.2, 0.25) is 0 Å². The van der Waals surface area contributed by atoms with Crippen molar-refractivity contribution in [3.8, 4) is 0 Å². The summed E-state index contributed by atoms with van der Waals surface area (Å²) in [6.07, 6.45) is 0.931. The predicted molar refractivity (Wildman–Crippen MR) is 106 cm³/mol. The molecule has 0 radical (unpaired) electrons. The molecule has 0 aliphatic rings. The van der Waals surface area contributed by atoms with Gasteiger partial charge in [-0.05, 0) is 32.2 Å². The van der Waals surface area contributed by atoms with E-state index < -0.39 is 54.3 Å². The minimum absolute atomic E-state index is 0.0921. The molecule has 9 N–H and O–H groups in total. The Labute approximate surface area is 173 Å². The van der Waals surface area contributed by atoms with E-state index in [0.29, 0.717) is 19.4 Å². The number of hydrogen-bond acceptors (Lipinski definition) is 8. The third-order valence-corrected chi connectivity index (χ3v) is 4.19. The molecule has 0 heterocycles. The maximum atomic E-state index is 12.2. The molecule has 0 saturated heterocycles. The lowest BCUT2D eigenvalue weighted by atomic mass is 10.1. The maximum Gasteiger partial charge on any atom is 0.326 e. The van der Waals surface area contributed by atoms with Crippen LogP contribution in [0.1, 0.15) is 32.1 Å². The van der Waals surface area contributed by atoms with Crippen LogP contribution in [-0.4, -0.2) is 76.8 Å². The number of amides is 3. The lowest BCUT2D eigenvalue weighted by Gasteiger charge is -2.20. The highest BCUT2D eigenvalue weighted by molar-refractivity contribution is 7.80. The van der Waals surface area contributed by atoms with Gasteiger partial charge in [0.1, 0.15) is 12.1 Å². The lowest BCUT2D eigenvalue weighted by Crippen LogP contribution is -2.54. The Bertz CT molecular complexity index is 590. The average Bonchev–Trinajstić information content (AvgIpc) is 2.67. The lowest BCUT2D eigenvalue weighted by molar-refractivity contribution is -0.142. The molecule has 12 nitrogen and oxygen atoms in total. The minimum atomic E-state index is -1.21. The van der Waals surface area contributed by atoms with Crippen molar-refractivity contribution in [2.45, 2.75) is 50.2 Å². The Balaban J connectivity index is 4.54. The number of nitrogens with two attached hydrogens (primary N) is 2. The molecule has 13 heteroatoms. The summed E-state index contributed by atoms with van der Waals surface area (Å²) in [4.78, 5) is 57.6. The molecule has 0 aliphatic carbocycles. The topological polar surface area (TPSA) is 214 Å². The number of carbonyl (C=O) groups is 5. The van der Waals surface area contributed by atoms with Gasteiger partial charge in [-0.1, -0.05) is 0 Å². The Morgan fingerprint density at radius 2 is 1.59 bits per heavy atom. The molecule has 0 aliphatic heterocycles. The van der Waals surface area contributed by atoms with Crippen molar-refractivity contribution in [1.29, 1.82) is 0 Å². The highest BCUT2D eigenvalue weighted by Gasteiger charge is 2.25. The highest BCUT2D eigenvalue weighted by Crippen LogP contribution is 2.02. The van der Waals surface area contributed by atoms with Gasteiger partial charge in [0.2, 0.25) is 17.7 Å². The first kappa shape index (κ1) is 26.6. The Morgan fingerprint density at radius 3 is 2.10 bits per heavy atom. The second kappa shape index (κ2) is 14.6. The van der Waals surface area contributed by atoms with Gasteiger partial charge in [-0.25, -0.2) is 4.79 Å². The molecule has 29 heavy (non-hydrogen) atoms. The molecule has 3 unspecified atom stereocenters. The van der Waals surface area contributed by atoms with Gasteiger partial charge < -0.3 is 37.6 Å². The van der Waals surface area contributed by atoms with Crippen LogP contribution in [-0.2, 0) is 24.0 Å². The number of aliphatic carboxylic acids is 2. The molecular weight excluding hydrogens is 406 g/mol. The van der Waals surface area contributed by atoms with Gasteiger partial charge in [0.05, 0.1) is 12.6 Å². The number of nitrogens with one attached hydrogen (secondary N) is 3. The molecule has 3 amide bonds. The summed E-state index contributed by atoms with van der Waals surface area (Å²) in [5, 5.41) is 24.6. The summed E-state index contributed by atoms with van der Waals surface area (Å²) in [5.41, 5.74) is 10.9. The van der Waals surface area contributed by atoms with Gasteiger partial charge >= 0.3 is 11.9 Å². The molecule has 0 aromatic heterocycles. The van der Waals surface area contributed by atoms with Crippen LogP contribution in [0, 0.1) is 0 Å². The van der Waals surface area contributed by atoms with Gasteiger partial charge in [-0.2, -0.15) is 12.6 Å². The van der Waals surface area contributed by atoms with Crippen molar-refractivity contribution in [3.63, 3.8) is 0 Å². The van der Waals surface area contributed by atoms with Crippen LogP contribution >= 0.6 is 12.6 Å². The molecule has 166 valence electrons. The minimum Gasteiger partial charge on any atom is -0.481 e. The van der Waals surface area contributed by atoms with Crippen molar-refractivity contribution in [3.05, 3.63) is 0 Å². The number of carboxylic acids is 2. The quantitative estimate of drug-likeness (QED) is 0.0998. The molecular formula is C16H29N5O7S. The zero-order chi connectivity index (χ0) is 22.4. The summed E-state index contributed by atoms with van der Waals surface area (Å²) >= 11 is 3.98. The first-order valence-corrected chi connectivity index (χ1v) is 9.64. The fourth-order valence-electron chi connectivity index (χ4n) is 2.17. The summed E-state index contributed by atoms with van der Waals surface area (Å²) < 4.78 is 0. The van der Waals surface area contributed by atoms with E-state index >= 15 is 0 Å². The number of carbonyl (C=O) groups excluding carboxylic acids is 3. The third-order valence-electron chi connectivity index (χ3n) is 3.82. The molecule has 0 rings (SSSR count). The van der Waals surface area contributed by atoms with E-state index in [0.717, 1.165) is 0 Å². The first-order chi connectivity index (χ1) is 13.6. The van der Waals surface area contributed by atoms with Crippen molar-refractivity contribution in [2.75, 3.05) is 18.8 Å². The molecule has 0 saturated carbocycles. The number of hydrogen-bond donors (Lipinski definition) is 8. The van der Waals surface area contributed by atoms with Crippen LogP contribution in [0.3, 0.4) is 0 Å². The maximum absolute atomic E-state index is 12.2. The molecule has 0 aromatic carbocycles. The summed E-state index contributed by atoms with van der Waals surface area (Å²) in [7, 11) is 0. The van der Waals surface area contributed by atoms with Gasteiger partial charge in [-0.15, -0.1) is 0 Å². The summed E-state index contributed by atoms with van der Waals surface area (Å²) in [5.74, 6) is -4.55. The Hall–Kier alpha value is -2.38. The Morgan fingerprint density at radius 1 is 0.931 bits per heavy atom. The SMILES string of the molecule is NCCCCC(NC(=O)C(CS)NC(=O)CNC(=O)C(N)CCC(=O)O)C(=O)O. The Kier molecular flexibility index (Phi) is 13.4. The van der Waals surface area contributed by atoms with E-state index in [4.69, 9.17) is 16.6 Å². The smallest absolute Gasteiger partial charge is 0.326 e. The standard InChI is InChI=1S/C16H29N5O7S/c17-6-2-1-3-10(16(27)28)21-15(26)11(8-29)20-12(22)7-19-14(25)9(18)4-5-13(23)24/h9-11,29H,1-8,17-18H2,(H,19,25)(H,20,22)(H,21,26)(H,23,24)(H,27,28). The summed E-state index contributed by atoms with van der Waals surface area (Å²) in [6, 6.07) is -3.33. The number of thiol groups is 1. The molecule has 3 atom stereocenters. The van der Waals surface area contributed by atoms with E-state index in [1.165, 1.54) is 0 Å². The van der Waals surface area contributed by atoms with Gasteiger partial charge in [0.25, 0.3) is 0 Å². The van der Waals surface area contributed by atoms with E-state index in [9.17, 15) is 29.1 Å². The fourth-order valence-corrected chi connectivity index (χ4v) is 2.43. The monoisotopic (exact) mass is 435 g/mol. The zero-order valence-corrected chi connectivity index (χ0v) is 16.8. The normalized spacial score (nSPS) is 13.6. The molecule has 0 fully saturated rings. The molecule has 0 bridgehead atoms. The van der Waals surface area contributed by atoms with Crippen molar-refractivity contribution >= 4 is 42.3 Å². The molecule has 0 spiro atoms. The second-order valence-corrected chi connectivity index (χ2v) is 6.61. The van der Waals surface area contributed by atoms with Crippen LogP contribution in [0.4, 0.5) is 0 Å². The predicted octanol–water partition coefficient (Wildman–Crippen LogP) is -2.59. The fraction of sp³-hybridized carbons (Fsp3) is 0.688. The van der Waals surface area contributed by atoms with Crippen LogP contribution in [0.25, 0.3) is 0 Å². The first-order valence-electron chi connectivity index (χ1n) is 9.00. The van der Waals surface area contributed by atoms with Crippen molar-refractivity contribution < 1.29 is 34.2 Å². The van der Waals surface area contributed by atoms with E-state index in [2.05, 4.69) is 28.6 Å². The van der Waals surface area contributed by atoms with Gasteiger partial charge in [-0.3, -0.25) is 19.2 Å². The van der Waals surface area contributed by atoms with E-state index in [-0.39, 0.29) is 25.0 Å². The van der Waals surface area contributed by atoms with Crippen LogP contribution in [0.15, 0.2) is 0 Å². The van der Waals surface area contributed by atoms with Gasteiger partial charge in [0, 0.05) is 12.2 Å². The number of unbranched alkanes of at least 4 members (excludes halogenated alkanes) is 1. The van der Waals surface area contributed by atoms with Crippen LogP contribution < -0.4 is 27.4 Å². The van der Waals surface area contributed by atoms with E-state index in [1.807, 2.05) is 0 Å². The zero-order valence-electron chi connectivity index (χ0n) is 15.9. The largest absolute Gasteiger partial charge is 0.481 e. The van der Waals surface area contributed by atoms with Crippen LogP contribution in [0.5, 0.6) is 0 Å². The average molecular weight is 436 g/mol. The number of carboxylic acid groups (broad SMARTS) is 2. The summed E-state index contributed by atoms with van der Waals surface area (Å²) in [6.45, 7) is -0.0860. The third kappa shape index (κ3) is 11.9.